The minimum atomic E-state index is 0.333. The summed E-state index contributed by atoms with van der Waals surface area (Å²) in [5.74, 6) is 3.51. The lowest BCUT2D eigenvalue weighted by Crippen LogP contribution is -2.15. The Morgan fingerprint density at radius 1 is 0.574 bits per heavy atom. The van der Waals surface area contributed by atoms with E-state index in [1.54, 1.807) is 11.1 Å². The predicted octanol–water partition coefficient (Wildman–Crippen LogP) is 8.80. The Balaban J connectivity index is 1.000. The van der Waals surface area contributed by atoms with E-state index in [9.17, 15) is 0 Å². The first kappa shape index (κ1) is 29.2. The minimum Gasteiger partial charge on any atom is -0.341 e. The van der Waals surface area contributed by atoms with Crippen LogP contribution in [0.3, 0.4) is 0 Å². The zero-order chi connectivity index (χ0) is 31.5. The Hall–Kier alpha value is -4.00. The van der Waals surface area contributed by atoms with Crippen molar-refractivity contribution < 1.29 is 0 Å². The second-order valence-corrected chi connectivity index (χ2v) is 15.3. The predicted molar refractivity (Wildman–Crippen MR) is 190 cm³/mol. The lowest BCUT2D eigenvalue weighted by atomic mass is 9.82. The molecule has 3 aromatic carbocycles. The number of nitrogens with one attached hydrogen (secondary N) is 4. The van der Waals surface area contributed by atoms with Gasteiger partial charge in [0.1, 0.15) is 11.6 Å². The third-order valence-corrected chi connectivity index (χ3v) is 11.8. The molecule has 0 unspecified atom stereocenters. The number of fused-ring (bicyclic) bond motifs is 1. The molecule has 240 valence electrons. The lowest BCUT2D eigenvalue weighted by Gasteiger charge is -2.22. The van der Waals surface area contributed by atoms with Gasteiger partial charge in [0, 0.05) is 0 Å². The van der Waals surface area contributed by atoms with Crippen LogP contribution in [-0.2, 0) is 12.8 Å². The first-order valence-electron chi connectivity index (χ1n) is 17.9. The average Bonchev–Trinajstić information content (AvgIpc) is 3.94. The van der Waals surface area contributed by atoms with E-state index in [1.165, 1.54) is 71.9 Å². The van der Waals surface area contributed by atoms with E-state index in [0.29, 0.717) is 29.3 Å². The highest BCUT2D eigenvalue weighted by atomic mass is 15.1. The summed E-state index contributed by atoms with van der Waals surface area (Å²) in [4.78, 5) is 16.7. The van der Waals surface area contributed by atoms with E-state index in [2.05, 4.69) is 95.1 Å². The van der Waals surface area contributed by atoms with E-state index in [1.807, 2.05) is 12.4 Å². The van der Waals surface area contributed by atoms with Gasteiger partial charge >= 0.3 is 0 Å². The van der Waals surface area contributed by atoms with Crippen molar-refractivity contribution in [2.24, 2.45) is 17.3 Å². The number of hydrogen-bond donors (Lipinski definition) is 4. The van der Waals surface area contributed by atoms with Gasteiger partial charge in [0.05, 0.1) is 35.9 Å². The summed E-state index contributed by atoms with van der Waals surface area (Å²) in [7, 11) is 0. The summed E-state index contributed by atoms with van der Waals surface area (Å²) in [5.41, 5.74) is 13.6. The molecule has 6 nitrogen and oxygen atoms in total. The van der Waals surface area contributed by atoms with Crippen LogP contribution in [0.25, 0.3) is 44.8 Å². The van der Waals surface area contributed by atoms with Crippen molar-refractivity contribution in [2.45, 2.75) is 77.3 Å². The first-order chi connectivity index (χ1) is 23.0. The number of aromatic nitrogens is 4. The van der Waals surface area contributed by atoms with Crippen molar-refractivity contribution in [2.75, 3.05) is 13.1 Å². The minimum absolute atomic E-state index is 0.333. The molecule has 2 aliphatic heterocycles. The highest BCUT2D eigenvalue weighted by Crippen LogP contribution is 2.53. The summed E-state index contributed by atoms with van der Waals surface area (Å²) in [6, 6.07) is 23.8. The first-order valence-corrected chi connectivity index (χ1v) is 17.9. The lowest BCUT2D eigenvalue weighted by molar-refractivity contribution is 0.318. The van der Waals surface area contributed by atoms with Crippen LogP contribution in [0.5, 0.6) is 0 Å². The molecule has 2 saturated heterocycles. The van der Waals surface area contributed by atoms with Gasteiger partial charge in [-0.25, -0.2) is 9.97 Å². The summed E-state index contributed by atoms with van der Waals surface area (Å²) in [5, 5.41) is 7.20. The maximum atomic E-state index is 4.73. The normalized spacial score (nSPS) is 24.8. The van der Waals surface area contributed by atoms with Crippen LogP contribution in [-0.4, -0.2) is 33.0 Å². The van der Waals surface area contributed by atoms with Gasteiger partial charge in [0.2, 0.25) is 0 Å². The molecule has 4 heterocycles. The summed E-state index contributed by atoms with van der Waals surface area (Å²) >= 11 is 0. The number of imidazole rings is 2. The van der Waals surface area contributed by atoms with Gasteiger partial charge in [-0.15, -0.1) is 0 Å². The van der Waals surface area contributed by atoms with Crippen LogP contribution in [0.1, 0.15) is 87.2 Å². The Morgan fingerprint density at radius 3 is 1.40 bits per heavy atom. The molecule has 6 heteroatoms. The van der Waals surface area contributed by atoms with Crippen LogP contribution >= 0.6 is 0 Å². The molecular formula is C41H46N6. The summed E-state index contributed by atoms with van der Waals surface area (Å²) in [6.07, 6.45) is 14.1. The number of rotatable bonds is 6. The van der Waals surface area contributed by atoms with Crippen LogP contribution in [0.2, 0.25) is 0 Å². The molecule has 2 aromatic heterocycles. The molecule has 3 fully saturated rings. The zero-order valence-corrected chi connectivity index (χ0v) is 27.7. The number of H-pyrrole nitrogens is 2. The van der Waals surface area contributed by atoms with Crippen LogP contribution in [0.4, 0.5) is 0 Å². The topological polar surface area (TPSA) is 81.4 Å². The van der Waals surface area contributed by atoms with Gasteiger partial charge in [0.25, 0.3) is 0 Å². The maximum absolute atomic E-state index is 4.73. The van der Waals surface area contributed by atoms with Gasteiger partial charge in [-0.1, -0.05) is 87.4 Å². The molecule has 1 saturated carbocycles. The third-order valence-electron chi connectivity index (χ3n) is 11.8. The van der Waals surface area contributed by atoms with Gasteiger partial charge < -0.3 is 20.6 Å². The number of nitrogens with zero attached hydrogens (tertiary/aromatic N) is 2. The molecule has 0 amide bonds. The summed E-state index contributed by atoms with van der Waals surface area (Å²) in [6.45, 7) is 6.73. The highest BCUT2D eigenvalue weighted by molar-refractivity contribution is 5.80. The highest BCUT2D eigenvalue weighted by Gasteiger charge is 2.41. The van der Waals surface area contributed by atoms with Crippen molar-refractivity contribution in [3.8, 4) is 44.8 Å². The second-order valence-electron chi connectivity index (χ2n) is 15.3. The van der Waals surface area contributed by atoms with E-state index in [-0.39, 0.29) is 0 Å². The fourth-order valence-electron chi connectivity index (χ4n) is 9.15. The van der Waals surface area contributed by atoms with Crippen LogP contribution < -0.4 is 10.6 Å². The fourth-order valence-corrected chi connectivity index (χ4v) is 9.15. The Morgan fingerprint density at radius 2 is 1.00 bits per heavy atom. The molecule has 0 radical (unpaired) electrons. The molecule has 5 aromatic rings. The largest absolute Gasteiger partial charge is 0.341 e. The molecule has 1 spiro atoms. The standard InChI is InChI=1S/C41H46N6/c1-25-17-35(42-21-25)39-44-23-37(46-39)29-9-5-27(6-10-29)31-13-14-32(34-20-41(19-33(31)34)15-3-4-16-41)28-7-11-30(12-8-28)38-24-45-40(47-38)36-18-26(2)22-43-36/h5-14,23-26,35-36,42-43H,3-4,15-22H2,1-2H3,(H,44,46)(H,45,47)/t25-,26-,35+,36+/m1/s1. The van der Waals surface area contributed by atoms with E-state index >= 15 is 0 Å². The van der Waals surface area contributed by atoms with Crippen molar-refractivity contribution in [1.82, 2.24) is 30.6 Å². The Kier molecular flexibility index (Phi) is 7.20. The smallest absolute Gasteiger partial charge is 0.123 e. The fraction of sp³-hybridized carbons (Fsp3) is 0.415. The molecule has 4 aliphatic rings. The number of benzene rings is 3. The molecule has 47 heavy (non-hydrogen) atoms. The van der Waals surface area contributed by atoms with Gasteiger partial charge in [0.15, 0.2) is 0 Å². The van der Waals surface area contributed by atoms with Crippen molar-refractivity contribution in [3.63, 3.8) is 0 Å². The second kappa shape index (κ2) is 11.6. The maximum Gasteiger partial charge on any atom is 0.123 e. The van der Waals surface area contributed by atoms with Crippen molar-refractivity contribution in [3.05, 3.63) is 95.8 Å². The quantitative estimate of drug-likeness (QED) is 0.153. The van der Waals surface area contributed by atoms with Crippen LogP contribution in [0.15, 0.2) is 73.1 Å². The molecule has 4 atom stereocenters. The zero-order valence-electron chi connectivity index (χ0n) is 27.7. The molecule has 9 rings (SSSR count). The number of aromatic amines is 2. The Labute approximate surface area is 278 Å². The van der Waals surface area contributed by atoms with E-state index in [0.717, 1.165) is 49.0 Å². The number of hydrogen-bond acceptors (Lipinski definition) is 4. The van der Waals surface area contributed by atoms with Gasteiger partial charge in [-0.2, -0.15) is 0 Å². The third kappa shape index (κ3) is 5.36. The SMILES string of the molecule is C[C@H]1CN[C@H](c2ncc(-c3ccc(-c4ccc(-c5ccc(-c6cnc([C@@H]7C[C@@H](C)CN7)[nH]6)cc5)c5c4CC4(CCCC4)C5)cc3)[nH]2)C1. The molecule has 4 N–H and O–H groups in total. The monoisotopic (exact) mass is 622 g/mol. The van der Waals surface area contributed by atoms with E-state index < -0.39 is 0 Å². The van der Waals surface area contributed by atoms with E-state index in [4.69, 9.17) is 9.97 Å². The molecule has 2 aliphatic carbocycles. The Bertz CT molecular complexity index is 1760. The van der Waals surface area contributed by atoms with Crippen molar-refractivity contribution >= 4 is 0 Å². The molecule has 0 bridgehead atoms. The van der Waals surface area contributed by atoms with Crippen molar-refractivity contribution in [1.29, 1.82) is 0 Å². The average molecular weight is 623 g/mol. The molecular weight excluding hydrogens is 576 g/mol. The summed E-state index contributed by atoms with van der Waals surface area (Å²) < 4.78 is 0. The van der Waals surface area contributed by atoms with Gasteiger partial charge in [-0.3, -0.25) is 0 Å². The van der Waals surface area contributed by atoms with Crippen LogP contribution in [0, 0.1) is 17.3 Å². The van der Waals surface area contributed by atoms with Gasteiger partial charge in [-0.05, 0) is 113 Å².